The van der Waals surface area contributed by atoms with Gasteiger partial charge in [0.25, 0.3) is 0 Å². The second kappa shape index (κ2) is 9.40. The molecule has 4 nitrogen and oxygen atoms in total. The lowest BCUT2D eigenvalue weighted by Gasteiger charge is -2.14. The predicted molar refractivity (Wildman–Crippen MR) is 120 cm³/mol. The van der Waals surface area contributed by atoms with Crippen LogP contribution in [0.5, 0.6) is 0 Å². The largest absolute Gasteiger partial charge is 0.459 e. The molecule has 0 saturated heterocycles. The van der Waals surface area contributed by atoms with Gasteiger partial charge in [0.05, 0.1) is 11.7 Å². The first-order chi connectivity index (χ1) is 13.8. The maximum atomic E-state index is 12.7. The zero-order chi connectivity index (χ0) is 21.0. The van der Waals surface area contributed by atoms with Crippen molar-refractivity contribution in [3.8, 4) is 0 Å². The molecule has 0 atom stereocenters. The number of rotatable bonds is 6. The molecule has 1 aliphatic rings. The molecule has 1 heterocycles. The van der Waals surface area contributed by atoms with Gasteiger partial charge in [0.1, 0.15) is 5.00 Å². The number of amides is 1. The number of hydrogen-bond acceptors (Lipinski definition) is 4. The Labute approximate surface area is 177 Å². The molecular weight excluding hydrogens is 382 g/mol. The van der Waals surface area contributed by atoms with Gasteiger partial charge in [-0.05, 0) is 68.2 Å². The minimum absolute atomic E-state index is 0.195. The van der Waals surface area contributed by atoms with Crippen molar-refractivity contribution in [2.45, 2.75) is 65.4 Å². The third-order valence-electron chi connectivity index (χ3n) is 4.99. The first-order valence-electron chi connectivity index (χ1n) is 10.3. The van der Waals surface area contributed by atoms with E-state index in [2.05, 4.69) is 31.3 Å². The molecule has 1 aliphatic carbocycles. The Hall–Kier alpha value is -2.40. The van der Waals surface area contributed by atoms with Gasteiger partial charge >= 0.3 is 5.97 Å². The summed E-state index contributed by atoms with van der Waals surface area (Å²) in [4.78, 5) is 26.4. The van der Waals surface area contributed by atoms with Crippen LogP contribution in [-0.4, -0.2) is 18.0 Å². The molecule has 1 aromatic carbocycles. The Morgan fingerprint density at radius 2 is 1.76 bits per heavy atom. The number of carbonyl (C=O) groups is 2. The molecule has 5 heteroatoms. The predicted octanol–water partition coefficient (Wildman–Crippen LogP) is 5.97. The van der Waals surface area contributed by atoms with Gasteiger partial charge in [-0.25, -0.2) is 4.79 Å². The lowest BCUT2D eigenvalue weighted by atomic mass is 9.95. The molecule has 1 amide bonds. The third kappa shape index (κ3) is 5.36. The quantitative estimate of drug-likeness (QED) is 0.471. The van der Waals surface area contributed by atoms with Crippen LogP contribution in [0.3, 0.4) is 0 Å². The van der Waals surface area contributed by atoms with Crippen LogP contribution in [0.2, 0.25) is 0 Å². The van der Waals surface area contributed by atoms with Gasteiger partial charge < -0.3 is 10.1 Å². The second-order valence-electron chi connectivity index (χ2n) is 8.01. The lowest BCUT2D eigenvalue weighted by Crippen LogP contribution is -2.17. The van der Waals surface area contributed by atoms with E-state index in [1.54, 1.807) is 6.08 Å². The van der Waals surface area contributed by atoms with E-state index >= 15 is 0 Å². The van der Waals surface area contributed by atoms with E-state index in [1.165, 1.54) is 27.9 Å². The topological polar surface area (TPSA) is 55.4 Å². The monoisotopic (exact) mass is 411 g/mol. The Morgan fingerprint density at radius 1 is 1.07 bits per heavy atom. The van der Waals surface area contributed by atoms with Crippen molar-refractivity contribution in [3.63, 3.8) is 0 Å². The molecule has 0 aliphatic heterocycles. The van der Waals surface area contributed by atoms with Crippen molar-refractivity contribution in [1.29, 1.82) is 0 Å². The van der Waals surface area contributed by atoms with Crippen LogP contribution in [0.15, 0.2) is 30.3 Å². The van der Waals surface area contributed by atoms with E-state index in [0.29, 0.717) is 16.5 Å². The summed E-state index contributed by atoms with van der Waals surface area (Å²) >= 11 is 1.51. The third-order valence-corrected chi connectivity index (χ3v) is 6.19. The summed E-state index contributed by atoms with van der Waals surface area (Å²) < 4.78 is 5.44. The van der Waals surface area contributed by atoms with Gasteiger partial charge in [-0.1, -0.05) is 38.1 Å². The van der Waals surface area contributed by atoms with Crippen LogP contribution < -0.4 is 5.32 Å². The second-order valence-corrected chi connectivity index (χ2v) is 9.12. The summed E-state index contributed by atoms with van der Waals surface area (Å²) in [5, 5.41) is 3.52. The number of thiophene rings is 1. The van der Waals surface area contributed by atoms with E-state index in [1.807, 2.05) is 26.0 Å². The summed E-state index contributed by atoms with van der Waals surface area (Å²) in [6.07, 6.45) is 7.11. The maximum Gasteiger partial charge on any atom is 0.341 e. The number of hydrogen-bond donors (Lipinski definition) is 1. The van der Waals surface area contributed by atoms with E-state index in [0.717, 1.165) is 36.8 Å². The fourth-order valence-electron chi connectivity index (χ4n) is 3.46. The van der Waals surface area contributed by atoms with Gasteiger partial charge in [0.15, 0.2) is 0 Å². The highest BCUT2D eigenvalue weighted by Crippen LogP contribution is 2.38. The summed E-state index contributed by atoms with van der Waals surface area (Å²) in [5.41, 5.74) is 3.83. The molecule has 0 bridgehead atoms. The van der Waals surface area contributed by atoms with E-state index in [4.69, 9.17) is 4.74 Å². The van der Waals surface area contributed by atoms with Gasteiger partial charge in [-0.2, -0.15) is 0 Å². The molecule has 0 saturated carbocycles. The molecule has 0 unspecified atom stereocenters. The van der Waals surface area contributed by atoms with E-state index in [-0.39, 0.29) is 18.0 Å². The molecule has 0 radical (unpaired) electrons. The van der Waals surface area contributed by atoms with E-state index in [9.17, 15) is 9.59 Å². The summed E-state index contributed by atoms with van der Waals surface area (Å²) in [7, 11) is 0. The zero-order valence-electron chi connectivity index (χ0n) is 17.6. The Bertz CT molecular complexity index is 907. The van der Waals surface area contributed by atoms with Crippen molar-refractivity contribution in [3.05, 3.63) is 57.5 Å². The van der Waals surface area contributed by atoms with Crippen molar-refractivity contribution < 1.29 is 14.3 Å². The summed E-state index contributed by atoms with van der Waals surface area (Å²) in [5.74, 6) is -0.108. The van der Waals surface area contributed by atoms with Crippen LogP contribution in [0.4, 0.5) is 5.00 Å². The van der Waals surface area contributed by atoms with Gasteiger partial charge in [0, 0.05) is 11.0 Å². The average molecular weight is 412 g/mol. The first kappa shape index (κ1) is 21.3. The molecule has 0 fully saturated rings. The summed E-state index contributed by atoms with van der Waals surface area (Å²) in [6, 6.07) is 8.17. The molecule has 0 spiro atoms. The van der Waals surface area contributed by atoms with Crippen LogP contribution in [-0.2, 0) is 22.4 Å². The van der Waals surface area contributed by atoms with Gasteiger partial charge in [-0.3, -0.25) is 4.79 Å². The number of carbonyl (C=O) groups excluding carboxylic acids is 2. The average Bonchev–Trinajstić information content (AvgIpc) is 3.04. The van der Waals surface area contributed by atoms with Crippen LogP contribution in [0.25, 0.3) is 6.08 Å². The van der Waals surface area contributed by atoms with Crippen LogP contribution in [0.1, 0.15) is 78.4 Å². The first-order valence-corrected chi connectivity index (χ1v) is 11.1. The highest BCUT2D eigenvalue weighted by atomic mass is 32.1. The normalized spacial score (nSPS) is 13.7. The Balaban J connectivity index is 1.77. The number of nitrogens with one attached hydrogen (secondary N) is 1. The van der Waals surface area contributed by atoms with Crippen LogP contribution in [0, 0.1) is 0 Å². The van der Waals surface area contributed by atoms with Crippen molar-refractivity contribution in [2.24, 2.45) is 0 Å². The number of fused-ring (bicyclic) bond motifs is 1. The van der Waals surface area contributed by atoms with Crippen molar-refractivity contribution in [1.82, 2.24) is 0 Å². The molecular formula is C24H29NO3S. The zero-order valence-corrected chi connectivity index (χ0v) is 18.4. The Kier molecular flexibility index (Phi) is 6.91. The molecule has 154 valence electrons. The van der Waals surface area contributed by atoms with Gasteiger partial charge in [-0.15, -0.1) is 11.3 Å². The number of anilines is 1. The highest BCUT2D eigenvalue weighted by molar-refractivity contribution is 7.17. The fraction of sp³-hybridized carbons (Fsp3) is 0.417. The fourth-order valence-corrected chi connectivity index (χ4v) is 4.74. The van der Waals surface area contributed by atoms with E-state index < -0.39 is 0 Å². The smallest absolute Gasteiger partial charge is 0.341 e. The molecule has 1 aromatic heterocycles. The highest BCUT2D eigenvalue weighted by Gasteiger charge is 2.27. The van der Waals surface area contributed by atoms with Crippen molar-refractivity contribution in [2.75, 3.05) is 5.32 Å². The molecule has 1 N–H and O–H groups in total. The van der Waals surface area contributed by atoms with Gasteiger partial charge in [0.2, 0.25) is 5.91 Å². The minimum atomic E-state index is -0.344. The van der Waals surface area contributed by atoms with Crippen LogP contribution >= 0.6 is 11.3 Å². The molecule has 29 heavy (non-hydrogen) atoms. The standard InChI is InChI=1S/C24H29NO3S/c1-15(2)18-12-9-17(10-13-18)11-14-21(26)25-23-22(24(27)28-16(3)4)19-7-5-6-8-20(19)29-23/h9-16H,5-8H2,1-4H3,(H,25,26). The maximum absolute atomic E-state index is 12.7. The SMILES string of the molecule is CC(C)OC(=O)c1c(NC(=O)C=Cc2ccc(C(C)C)cc2)sc2c1CCCC2. The minimum Gasteiger partial charge on any atom is -0.459 e. The number of esters is 1. The molecule has 3 rings (SSSR count). The number of aryl methyl sites for hydroxylation is 1. The summed E-state index contributed by atoms with van der Waals surface area (Å²) in [6.45, 7) is 7.98. The number of ether oxygens (including phenoxy) is 1. The Morgan fingerprint density at radius 3 is 2.41 bits per heavy atom. The lowest BCUT2D eigenvalue weighted by molar-refractivity contribution is -0.111. The van der Waals surface area contributed by atoms with Crippen molar-refractivity contribution >= 4 is 34.3 Å². The molecule has 2 aromatic rings. The number of benzene rings is 1.